The molecule has 0 bridgehead atoms. The molecule has 4 rings (SSSR count). The van der Waals surface area contributed by atoms with Crippen molar-refractivity contribution < 1.29 is 18.4 Å². The highest BCUT2D eigenvalue weighted by Crippen LogP contribution is 2.44. The molecule has 2 aliphatic carbocycles. The van der Waals surface area contributed by atoms with Crippen LogP contribution in [0.1, 0.15) is 32.1 Å². The van der Waals surface area contributed by atoms with Crippen molar-refractivity contribution in [1.82, 2.24) is 5.32 Å². The van der Waals surface area contributed by atoms with Crippen molar-refractivity contribution in [2.24, 2.45) is 17.8 Å². The predicted octanol–water partition coefficient (Wildman–Crippen LogP) is 2.62. The first-order valence-electron chi connectivity index (χ1n) is 8.58. The lowest BCUT2D eigenvalue weighted by atomic mass is 10.0. The summed E-state index contributed by atoms with van der Waals surface area (Å²) < 4.78 is 26.7. The van der Waals surface area contributed by atoms with Crippen molar-refractivity contribution in [2.45, 2.75) is 38.1 Å². The predicted molar refractivity (Wildman–Crippen MR) is 84.2 cm³/mol. The molecule has 1 saturated heterocycles. The van der Waals surface area contributed by atoms with E-state index in [9.17, 15) is 18.4 Å². The van der Waals surface area contributed by atoms with Crippen molar-refractivity contribution in [2.75, 3.05) is 11.4 Å². The molecule has 128 valence electrons. The summed E-state index contributed by atoms with van der Waals surface area (Å²) in [4.78, 5) is 26.0. The molecule has 0 spiro atoms. The molecule has 1 N–H and O–H groups in total. The van der Waals surface area contributed by atoms with Crippen molar-refractivity contribution >= 4 is 17.5 Å². The highest BCUT2D eigenvalue weighted by Gasteiger charge is 2.44. The maximum atomic E-state index is 13.4. The summed E-state index contributed by atoms with van der Waals surface area (Å²) in [6, 6.07) is 3.26. The Labute approximate surface area is 139 Å². The SMILES string of the molecule is O=C(NC(C1CC1)C1CC1)C1CC(=O)N(c2cc(F)cc(F)c2)C1. The maximum absolute atomic E-state index is 13.4. The summed E-state index contributed by atoms with van der Waals surface area (Å²) in [6.07, 6.45) is 4.75. The standard InChI is InChI=1S/C18H20F2N2O2/c19-13-6-14(20)8-15(7-13)22-9-12(5-16(22)23)18(24)21-17(10-1-2-10)11-3-4-11/h6-8,10-12,17H,1-5,9H2,(H,21,24). The Bertz CT molecular complexity index is 653. The molecule has 1 unspecified atom stereocenters. The van der Waals surface area contributed by atoms with Crippen LogP contribution in [0.25, 0.3) is 0 Å². The third-order valence-electron chi connectivity index (χ3n) is 5.22. The molecule has 1 heterocycles. The van der Waals surface area contributed by atoms with Crippen molar-refractivity contribution in [3.63, 3.8) is 0 Å². The molecule has 1 aliphatic heterocycles. The monoisotopic (exact) mass is 334 g/mol. The van der Waals surface area contributed by atoms with Crippen LogP contribution in [0.15, 0.2) is 18.2 Å². The Morgan fingerprint density at radius 3 is 2.21 bits per heavy atom. The van der Waals surface area contributed by atoms with Crippen LogP contribution in [-0.2, 0) is 9.59 Å². The van der Waals surface area contributed by atoms with Crippen LogP contribution >= 0.6 is 0 Å². The molecule has 3 aliphatic rings. The summed E-state index contributed by atoms with van der Waals surface area (Å²) in [5, 5.41) is 3.13. The van der Waals surface area contributed by atoms with Gasteiger partial charge in [0, 0.05) is 30.8 Å². The fourth-order valence-corrected chi connectivity index (χ4v) is 3.64. The van der Waals surface area contributed by atoms with Crippen LogP contribution in [0.3, 0.4) is 0 Å². The van der Waals surface area contributed by atoms with Gasteiger partial charge in [0.15, 0.2) is 0 Å². The molecule has 1 atom stereocenters. The van der Waals surface area contributed by atoms with Gasteiger partial charge in [-0.25, -0.2) is 8.78 Å². The molecular weight excluding hydrogens is 314 g/mol. The average Bonchev–Trinajstić information content (AvgIpc) is 3.42. The van der Waals surface area contributed by atoms with Gasteiger partial charge >= 0.3 is 0 Å². The number of hydrogen-bond donors (Lipinski definition) is 1. The average molecular weight is 334 g/mol. The number of halogens is 2. The minimum atomic E-state index is -0.728. The lowest BCUT2D eigenvalue weighted by Gasteiger charge is -2.21. The molecule has 1 aromatic rings. The van der Waals surface area contributed by atoms with E-state index in [0.717, 1.165) is 18.2 Å². The Morgan fingerprint density at radius 1 is 1.08 bits per heavy atom. The van der Waals surface area contributed by atoms with E-state index in [-0.39, 0.29) is 36.5 Å². The fraction of sp³-hybridized carbons (Fsp3) is 0.556. The van der Waals surface area contributed by atoms with E-state index in [1.54, 1.807) is 0 Å². The zero-order valence-electron chi connectivity index (χ0n) is 13.3. The molecule has 2 amide bonds. The normalized spacial score (nSPS) is 23.9. The molecule has 4 nitrogen and oxygen atoms in total. The van der Waals surface area contributed by atoms with Gasteiger partial charge in [0.05, 0.1) is 5.92 Å². The molecule has 3 fully saturated rings. The Kier molecular flexibility index (Phi) is 3.77. The number of hydrogen-bond acceptors (Lipinski definition) is 2. The van der Waals surface area contributed by atoms with Crippen LogP contribution in [0.5, 0.6) is 0 Å². The Balaban J connectivity index is 1.44. The molecule has 2 saturated carbocycles. The fourth-order valence-electron chi connectivity index (χ4n) is 3.64. The van der Waals surface area contributed by atoms with E-state index < -0.39 is 17.6 Å². The molecule has 0 aromatic heterocycles. The lowest BCUT2D eigenvalue weighted by Crippen LogP contribution is -2.42. The topological polar surface area (TPSA) is 49.4 Å². The van der Waals surface area contributed by atoms with Crippen molar-refractivity contribution in [1.29, 1.82) is 0 Å². The van der Waals surface area contributed by atoms with Crippen LogP contribution in [0.2, 0.25) is 0 Å². The third-order valence-corrected chi connectivity index (χ3v) is 5.22. The summed E-state index contributed by atoms with van der Waals surface area (Å²) in [5.74, 6) is -1.11. The zero-order chi connectivity index (χ0) is 16.8. The van der Waals surface area contributed by atoms with Crippen LogP contribution in [0, 0.1) is 29.4 Å². The second kappa shape index (κ2) is 5.83. The van der Waals surface area contributed by atoms with Crippen molar-refractivity contribution in [3.8, 4) is 0 Å². The highest BCUT2D eigenvalue weighted by molar-refractivity contribution is 6.00. The van der Waals surface area contributed by atoms with Crippen LogP contribution < -0.4 is 10.2 Å². The smallest absolute Gasteiger partial charge is 0.227 e. The Hall–Kier alpha value is -1.98. The molecule has 6 heteroatoms. The van der Waals surface area contributed by atoms with Crippen molar-refractivity contribution in [3.05, 3.63) is 29.8 Å². The maximum Gasteiger partial charge on any atom is 0.227 e. The van der Waals surface area contributed by atoms with E-state index in [2.05, 4.69) is 5.32 Å². The summed E-state index contributed by atoms with van der Waals surface area (Å²) in [7, 11) is 0. The number of nitrogens with one attached hydrogen (secondary N) is 1. The number of anilines is 1. The van der Waals surface area contributed by atoms with Gasteiger partial charge in [-0.15, -0.1) is 0 Å². The van der Waals surface area contributed by atoms with Gasteiger partial charge in [-0.05, 0) is 49.7 Å². The zero-order valence-corrected chi connectivity index (χ0v) is 13.3. The molecule has 0 radical (unpaired) electrons. The summed E-state index contributed by atoms with van der Waals surface area (Å²) >= 11 is 0. The quantitative estimate of drug-likeness (QED) is 0.900. The largest absolute Gasteiger partial charge is 0.353 e. The number of benzene rings is 1. The molecular formula is C18H20F2N2O2. The van der Waals surface area contributed by atoms with Gasteiger partial charge in [-0.1, -0.05) is 0 Å². The first-order valence-corrected chi connectivity index (χ1v) is 8.58. The lowest BCUT2D eigenvalue weighted by molar-refractivity contribution is -0.127. The number of carbonyl (C=O) groups excluding carboxylic acids is 2. The molecule has 1 aromatic carbocycles. The molecule has 24 heavy (non-hydrogen) atoms. The van der Waals surface area contributed by atoms with E-state index in [0.29, 0.717) is 11.8 Å². The van der Waals surface area contributed by atoms with Gasteiger partial charge in [0.2, 0.25) is 11.8 Å². The second-order valence-corrected chi connectivity index (χ2v) is 7.24. The van der Waals surface area contributed by atoms with E-state index >= 15 is 0 Å². The summed E-state index contributed by atoms with van der Waals surface area (Å²) in [5.41, 5.74) is 0.175. The van der Waals surface area contributed by atoms with Gasteiger partial charge in [-0.2, -0.15) is 0 Å². The number of nitrogens with zero attached hydrogens (tertiary/aromatic N) is 1. The van der Waals surface area contributed by atoms with Gasteiger partial charge in [0.25, 0.3) is 0 Å². The highest BCUT2D eigenvalue weighted by atomic mass is 19.1. The Morgan fingerprint density at radius 2 is 1.67 bits per heavy atom. The second-order valence-electron chi connectivity index (χ2n) is 7.24. The number of rotatable bonds is 5. The van der Waals surface area contributed by atoms with Gasteiger partial charge in [0.1, 0.15) is 11.6 Å². The van der Waals surface area contributed by atoms with Crippen LogP contribution in [-0.4, -0.2) is 24.4 Å². The third kappa shape index (κ3) is 3.14. The minimum Gasteiger partial charge on any atom is -0.353 e. The van der Waals surface area contributed by atoms with E-state index in [1.807, 2.05) is 0 Å². The van der Waals surface area contributed by atoms with Crippen LogP contribution in [0.4, 0.5) is 14.5 Å². The first-order chi connectivity index (χ1) is 11.5. The van der Waals surface area contributed by atoms with Gasteiger partial charge in [-0.3, -0.25) is 9.59 Å². The van der Waals surface area contributed by atoms with Gasteiger partial charge < -0.3 is 10.2 Å². The first kappa shape index (κ1) is 15.5. The summed E-state index contributed by atoms with van der Waals surface area (Å²) in [6.45, 7) is 0.176. The minimum absolute atomic E-state index is 0.0893. The number of carbonyl (C=O) groups is 2. The van der Waals surface area contributed by atoms with E-state index in [4.69, 9.17) is 0 Å². The number of amides is 2. The van der Waals surface area contributed by atoms with E-state index in [1.165, 1.54) is 30.6 Å².